The Hall–Kier alpha value is -1.58. The lowest BCUT2D eigenvalue weighted by atomic mass is 10.0. The number of methoxy groups -OCH3 is 1. The molecule has 0 aromatic heterocycles. The highest BCUT2D eigenvalue weighted by molar-refractivity contribution is 14.0. The van der Waals surface area contributed by atoms with Gasteiger partial charge >= 0.3 is 0 Å². The SMILES string of the molecule is COc1cccc(NC(N)=NCC(c2c(F)cccc2Cl)N2CCCC2)c1.I. The molecule has 2 aromatic rings. The summed E-state index contributed by atoms with van der Waals surface area (Å²) in [7, 11) is 1.61. The molecule has 1 unspecified atom stereocenters. The minimum Gasteiger partial charge on any atom is -0.497 e. The van der Waals surface area contributed by atoms with E-state index < -0.39 is 0 Å². The third-order valence-corrected chi connectivity index (χ3v) is 5.02. The molecular formula is C20H25ClFIN4O. The van der Waals surface area contributed by atoms with Crippen LogP contribution in [0.1, 0.15) is 24.4 Å². The van der Waals surface area contributed by atoms with Crippen molar-refractivity contribution in [1.29, 1.82) is 0 Å². The van der Waals surface area contributed by atoms with Gasteiger partial charge in [0.25, 0.3) is 0 Å². The standard InChI is InChI=1S/C20H24ClFN4O.HI/c1-27-15-7-4-6-14(12-15)25-20(23)24-13-18(26-10-2-3-11-26)19-16(21)8-5-9-17(19)22;/h4-9,12,18H,2-3,10-11,13H2,1H3,(H3,23,24,25);1H. The van der Waals surface area contributed by atoms with Gasteiger partial charge in [-0.05, 0) is 50.2 Å². The second-order valence-corrected chi connectivity index (χ2v) is 6.88. The average molecular weight is 519 g/mol. The number of aliphatic imine (C=N–C) groups is 1. The van der Waals surface area contributed by atoms with Crippen molar-refractivity contribution >= 4 is 47.2 Å². The first-order valence-corrected chi connectivity index (χ1v) is 9.35. The van der Waals surface area contributed by atoms with Gasteiger partial charge in [-0.25, -0.2) is 4.39 Å². The summed E-state index contributed by atoms with van der Waals surface area (Å²) in [5, 5.41) is 3.46. The van der Waals surface area contributed by atoms with E-state index in [-0.39, 0.29) is 41.8 Å². The van der Waals surface area contributed by atoms with Gasteiger partial charge in [-0.3, -0.25) is 9.89 Å². The van der Waals surface area contributed by atoms with Gasteiger partial charge in [0.05, 0.1) is 19.7 Å². The van der Waals surface area contributed by atoms with E-state index in [9.17, 15) is 4.39 Å². The second-order valence-electron chi connectivity index (χ2n) is 6.48. The average Bonchev–Trinajstić information content (AvgIpc) is 3.18. The topological polar surface area (TPSA) is 62.9 Å². The summed E-state index contributed by atoms with van der Waals surface area (Å²) < 4.78 is 19.7. The van der Waals surface area contributed by atoms with Crippen LogP contribution in [0, 0.1) is 5.82 Å². The quantitative estimate of drug-likeness (QED) is 0.331. The molecule has 3 N–H and O–H groups in total. The minimum atomic E-state index is -0.311. The van der Waals surface area contributed by atoms with E-state index in [1.54, 1.807) is 19.2 Å². The highest BCUT2D eigenvalue weighted by Crippen LogP contribution is 2.32. The van der Waals surface area contributed by atoms with Crippen molar-refractivity contribution in [3.05, 3.63) is 58.9 Å². The van der Waals surface area contributed by atoms with Crippen LogP contribution in [0.2, 0.25) is 5.02 Å². The molecule has 0 amide bonds. The molecule has 0 aliphatic carbocycles. The van der Waals surface area contributed by atoms with E-state index in [1.807, 2.05) is 24.3 Å². The van der Waals surface area contributed by atoms with E-state index in [2.05, 4.69) is 15.2 Å². The van der Waals surface area contributed by atoms with Gasteiger partial charge in [-0.1, -0.05) is 23.7 Å². The van der Waals surface area contributed by atoms with E-state index in [4.69, 9.17) is 22.1 Å². The number of nitrogens with zero attached hydrogens (tertiary/aromatic N) is 2. The number of guanidine groups is 1. The van der Waals surface area contributed by atoms with Gasteiger partial charge in [0.15, 0.2) is 5.96 Å². The summed E-state index contributed by atoms with van der Waals surface area (Å²) in [6, 6.07) is 11.9. The zero-order valence-corrected chi connectivity index (χ0v) is 18.8. The number of nitrogens with two attached hydrogens (primary N) is 1. The van der Waals surface area contributed by atoms with Gasteiger partial charge in [0, 0.05) is 22.3 Å². The maximum absolute atomic E-state index is 14.5. The molecule has 0 radical (unpaired) electrons. The number of rotatable bonds is 6. The zero-order chi connectivity index (χ0) is 19.2. The molecule has 0 bridgehead atoms. The van der Waals surface area contributed by atoms with Crippen LogP contribution >= 0.6 is 35.6 Å². The smallest absolute Gasteiger partial charge is 0.193 e. The van der Waals surface area contributed by atoms with E-state index in [0.29, 0.717) is 17.1 Å². The van der Waals surface area contributed by atoms with E-state index >= 15 is 0 Å². The summed E-state index contributed by atoms with van der Waals surface area (Å²) in [5.74, 6) is 0.676. The fourth-order valence-electron chi connectivity index (χ4n) is 3.34. The van der Waals surface area contributed by atoms with Crippen LogP contribution in [-0.2, 0) is 0 Å². The molecule has 5 nitrogen and oxygen atoms in total. The van der Waals surface area contributed by atoms with Crippen LogP contribution < -0.4 is 15.8 Å². The first-order chi connectivity index (χ1) is 13.1. The number of halogens is 3. The zero-order valence-electron chi connectivity index (χ0n) is 15.7. The fourth-order valence-corrected chi connectivity index (χ4v) is 3.63. The maximum atomic E-state index is 14.5. The van der Waals surface area contributed by atoms with Gasteiger partial charge in [0.1, 0.15) is 11.6 Å². The van der Waals surface area contributed by atoms with Crippen molar-refractivity contribution in [2.24, 2.45) is 10.7 Å². The largest absolute Gasteiger partial charge is 0.497 e. The first-order valence-electron chi connectivity index (χ1n) is 8.97. The Balaban J connectivity index is 0.00000280. The summed E-state index contributed by atoms with van der Waals surface area (Å²) in [6.07, 6.45) is 2.17. The van der Waals surface area contributed by atoms with Gasteiger partial charge in [-0.2, -0.15) is 0 Å². The van der Waals surface area contributed by atoms with Crippen LogP contribution in [0.3, 0.4) is 0 Å². The second kappa shape index (κ2) is 10.8. The Morgan fingerprint density at radius 1 is 1.29 bits per heavy atom. The number of anilines is 1. The van der Waals surface area contributed by atoms with Crippen molar-refractivity contribution in [3.63, 3.8) is 0 Å². The molecule has 1 fully saturated rings. The monoisotopic (exact) mass is 518 g/mol. The molecule has 0 spiro atoms. The summed E-state index contributed by atoms with van der Waals surface area (Å²) in [6.45, 7) is 2.12. The van der Waals surface area contributed by atoms with Gasteiger partial charge < -0.3 is 15.8 Å². The summed E-state index contributed by atoms with van der Waals surface area (Å²) >= 11 is 6.31. The highest BCUT2D eigenvalue weighted by atomic mass is 127. The number of nitrogens with one attached hydrogen (secondary N) is 1. The molecule has 3 rings (SSSR count). The van der Waals surface area contributed by atoms with Crippen molar-refractivity contribution in [3.8, 4) is 5.75 Å². The molecule has 1 aliphatic heterocycles. The molecule has 8 heteroatoms. The summed E-state index contributed by atoms with van der Waals surface area (Å²) in [5.41, 5.74) is 7.31. The maximum Gasteiger partial charge on any atom is 0.193 e. The Labute approximate surface area is 187 Å². The van der Waals surface area contributed by atoms with Crippen molar-refractivity contribution < 1.29 is 9.13 Å². The lowest BCUT2D eigenvalue weighted by Gasteiger charge is -2.27. The molecule has 152 valence electrons. The lowest BCUT2D eigenvalue weighted by Crippen LogP contribution is -2.31. The normalized spacial score (nSPS) is 15.8. The molecule has 0 saturated carbocycles. The van der Waals surface area contributed by atoms with Crippen LogP contribution in [0.4, 0.5) is 10.1 Å². The van der Waals surface area contributed by atoms with Crippen LogP contribution in [0.5, 0.6) is 5.75 Å². The molecule has 2 aromatic carbocycles. The van der Waals surface area contributed by atoms with Crippen LogP contribution in [0.25, 0.3) is 0 Å². The molecule has 1 saturated heterocycles. The molecule has 1 aliphatic rings. The summed E-state index contributed by atoms with van der Waals surface area (Å²) in [4.78, 5) is 6.67. The molecule has 28 heavy (non-hydrogen) atoms. The van der Waals surface area contributed by atoms with E-state index in [0.717, 1.165) is 37.4 Å². The lowest BCUT2D eigenvalue weighted by molar-refractivity contribution is 0.246. The predicted octanol–water partition coefficient (Wildman–Crippen LogP) is 4.67. The Morgan fingerprint density at radius 3 is 2.68 bits per heavy atom. The van der Waals surface area contributed by atoms with Crippen LogP contribution in [0.15, 0.2) is 47.5 Å². The van der Waals surface area contributed by atoms with Crippen molar-refractivity contribution in [2.75, 3.05) is 32.1 Å². The number of benzene rings is 2. The Morgan fingerprint density at radius 2 is 2.00 bits per heavy atom. The third-order valence-electron chi connectivity index (χ3n) is 4.69. The third kappa shape index (κ3) is 5.71. The van der Waals surface area contributed by atoms with Crippen molar-refractivity contribution in [2.45, 2.75) is 18.9 Å². The number of ether oxygens (including phenoxy) is 1. The predicted molar refractivity (Wildman–Crippen MR) is 123 cm³/mol. The molecular weight excluding hydrogens is 494 g/mol. The number of hydrogen-bond acceptors (Lipinski definition) is 3. The van der Waals surface area contributed by atoms with Gasteiger partial charge in [-0.15, -0.1) is 24.0 Å². The highest BCUT2D eigenvalue weighted by Gasteiger charge is 2.27. The van der Waals surface area contributed by atoms with Gasteiger partial charge in [0.2, 0.25) is 0 Å². The first kappa shape index (κ1) is 22.7. The van der Waals surface area contributed by atoms with Crippen LogP contribution in [-0.4, -0.2) is 37.6 Å². The van der Waals surface area contributed by atoms with Crippen molar-refractivity contribution in [1.82, 2.24) is 4.90 Å². The van der Waals surface area contributed by atoms with E-state index in [1.165, 1.54) is 6.07 Å². The number of likely N-dealkylation sites (tertiary alicyclic amines) is 1. The fraction of sp³-hybridized carbons (Fsp3) is 0.350. The molecule has 1 heterocycles. The Kier molecular flexibility index (Phi) is 8.78. The number of hydrogen-bond donors (Lipinski definition) is 2. The molecule has 1 atom stereocenters. The minimum absolute atomic E-state index is 0. The Bertz CT molecular complexity index is 794.